The van der Waals surface area contributed by atoms with Crippen LogP contribution in [0.1, 0.15) is 48.0 Å². The van der Waals surface area contributed by atoms with Crippen LogP contribution in [0.4, 0.5) is 4.79 Å². The van der Waals surface area contributed by atoms with Crippen LogP contribution in [0.5, 0.6) is 0 Å². The maximum absolute atomic E-state index is 12.3. The standard InChI is InChI=1S/C16H33NO4Si/c1-15(2,3)20-14(19)17-10-13(9-12(17)11-18)21-22(7,8)16(4,5)6/h12-13,18H,9-11H2,1-8H3. The van der Waals surface area contributed by atoms with E-state index in [9.17, 15) is 9.90 Å². The molecule has 0 saturated carbocycles. The predicted octanol–water partition coefficient (Wildman–Crippen LogP) is 3.38. The molecule has 1 aliphatic rings. The Morgan fingerprint density at radius 1 is 1.23 bits per heavy atom. The number of aliphatic hydroxyl groups is 1. The van der Waals surface area contributed by atoms with E-state index in [0.29, 0.717) is 13.0 Å². The Bertz CT molecular complexity index is 398. The van der Waals surface area contributed by atoms with E-state index >= 15 is 0 Å². The summed E-state index contributed by atoms with van der Waals surface area (Å²) in [4.78, 5) is 13.9. The van der Waals surface area contributed by atoms with Gasteiger partial charge in [0, 0.05) is 6.54 Å². The second-order valence-corrected chi connectivity index (χ2v) is 13.5. The minimum atomic E-state index is -1.88. The molecule has 1 amide bonds. The van der Waals surface area contributed by atoms with E-state index in [1.807, 2.05) is 20.8 Å². The van der Waals surface area contributed by atoms with Crippen molar-refractivity contribution >= 4 is 14.4 Å². The van der Waals surface area contributed by atoms with Crippen LogP contribution in [0.3, 0.4) is 0 Å². The van der Waals surface area contributed by atoms with Gasteiger partial charge in [0.2, 0.25) is 0 Å². The van der Waals surface area contributed by atoms with Crippen molar-refractivity contribution in [3.05, 3.63) is 0 Å². The lowest BCUT2D eigenvalue weighted by atomic mass is 10.2. The Morgan fingerprint density at radius 2 is 1.77 bits per heavy atom. The molecule has 0 aliphatic carbocycles. The maximum atomic E-state index is 12.3. The molecule has 0 radical (unpaired) electrons. The Balaban J connectivity index is 2.75. The van der Waals surface area contributed by atoms with Crippen LogP contribution in [0.15, 0.2) is 0 Å². The van der Waals surface area contributed by atoms with Crippen molar-refractivity contribution in [1.82, 2.24) is 4.90 Å². The number of aliphatic hydroxyl groups excluding tert-OH is 1. The Morgan fingerprint density at radius 3 is 2.18 bits per heavy atom. The average molecular weight is 332 g/mol. The van der Waals surface area contributed by atoms with Crippen LogP contribution < -0.4 is 0 Å². The summed E-state index contributed by atoms with van der Waals surface area (Å²) in [5, 5.41) is 9.69. The number of carbonyl (C=O) groups excluding carboxylic acids is 1. The maximum Gasteiger partial charge on any atom is 0.410 e. The topological polar surface area (TPSA) is 59.0 Å². The van der Waals surface area contributed by atoms with Crippen molar-refractivity contribution in [1.29, 1.82) is 0 Å². The molecule has 1 saturated heterocycles. The van der Waals surface area contributed by atoms with Gasteiger partial charge < -0.3 is 19.2 Å². The highest BCUT2D eigenvalue weighted by molar-refractivity contribution is 6.74. The fourth-order valence-electron chi connectivity index (χ4n) is 2.27. The predicted molar refractivity (Wildman–Crippen MR) is 90.5 cm³/mol. The third-order valence-electron chi connectivity index (χ3n) is 4.48. The van der Waals surface area contributed by atoms with Gasteiger partial charge >= 0.3 is 6.09 Å². The molecule has 1 rings (SSSR count). The number of likely N-dealkylation sites (tertiary alicyclic amines) is 1. The molecule has 0 aromatic carbocycles. The van der Waals surface area contributed by atoms with Gasteiger partial charge in [-0.2, -0.15) is 0 Å². The molecule has 1 fully saturated rings. The second kappa shape index (κ2) is 6.49. The first-order valence-corrected chi connectivity index (χ1v) is 11.0. The van der Waals surface area contributed by atoms with Crippen LogP contribution in [0.2, 0.25) is 18.1 Å². The van der Waals surface area contributed by atoms with Crippen LogP contribution in [0, 0.1) is 0 Å². The first-order valence-electron chi connectivity index (χ1n) is 8.05. The number of amides is 1. The lowest BCUT2D eigenvalue weighted by Crippen LogP contribution is -2.45. The molecule has 0 aromatic heterocycles. The van der Waals surface area contributed by atoms with Gasteiger partial charge in [0.1, 0.15) is 5.60 Å². The molecule has 2 atom stereocenters. The Hall–Kier alpha value is -0.593. The van der Waals surface area contributed by atoms with Gasteiger partial charge in [-0.05, 0) is 45.3 Å². The Kier molecular flexibility index (Phi) is 5.74. The van der Waals surface area contributed by atoms with Gasteiger partial charge in [-0.1, -0.05) is 20.8 Å². The van der Waals surface area contributed by atoms with Gasteiger partial charge in [0.15, 0.2) is 8.32 Å². The molecule has 1 N–H and O–H groups in total. The molecule has 5 nitrogen and oxygen atoms in total. The van der Waals surface area contributed by atoms with Crippen molar-refractivity contribution in [2.45, 2.75) is 83.8 Å². The van der Waals surface area contributed by atoms with Crippen molar-refractivity contribution < 1.29 is 19.1 Å². The highest BCUT2D eigenvalue weighted by atomic mass is 28.4. The number of hydrogen-bond acceptors (Lipinski definition) is 4. The van der Waals surface area contributed by atoms with Crippen LogP contribution in [0.25, 0.3) is 0 Å². The van der Waals surface area contributed by atoms with Crippen LogP contribution in [-0.2, 0) is 9.16 Å². The van der Waals surface area contributed by atoms with E-state index in [2.05, 4.69) is 33.9 Å². The molecule has 1 aliphatic heterocycles. The van der Waals surface area contributed by atoms with E-state index in [0.717, 1.165) is 0 Å². The van der Waals surface area contributed by atoms with E-state index in [4.69, 9.17) is 9.16 Å². The summed E-state index contributed by atoms with van der Waals surface area (Å²) >= 11 is 0. The lowest BCUT2D eigenvalue weighted by molar-refractivity contribution is 0.0164. The molecule has 0 aromatic rings. The third kappa shape index (κ3) is 4.96. The largest absolute Gasteiger partial charge is 0.444 e. The van der Waals surface area contributed by atoms with Gasteiger partial charge in [0.25, 0.3) is 0 Å². The first kappa shape index (κ1) is 19.5. The summed E-state index contributed by atoms with van der Waals surface area (Å²) in [6.07, 6.45) is 0.279. The van der Waals surface area contributed by atoms with Gasteiger partial charge in [-0.25, -0.2) is 4.79 Å². The number of ether oxygens (including phenoxy) is 1. The molecule has 0 spiro atoms. The van der Waals surface area contributed by atoms with Crippen molar-refractivity contribution in [2.75, 3.05) is 13.2 Å². The monoisotopic (exact) mass is 331 g/mol. The molecule has 2 unspecified atom stereocenters. The first-order chi connectivity index (χ1) is 9.77. The molecular weight excluding hydrogens is 298 g/mol. The number of hydrogen-bond donors (Lipinski definition) is 1. The quantitative estimate of drug-likeness (QED) is 0.806. The highest BCUT2D eigenvalue weighted by Gasteiger charge is 2.44. The number of carbonyl (C=O) groups is 1. The molecule has 130 valence electrons. The van der Waals surface area contributed by atoms with E-state index in [1.165, 1.54) is 0 Å². The summed E-state index contributed by atoms with van der Waals surface area (Å²) in [5.41, 5.74) is -0.532. The van der Waals surface area contributed by atoms with Gasteiger partial charge in [-0.15, -0.1) is 0 Å². The van der Waals surface area contributed by atoms with Gasteiger partial charge in [-0.3, -0.25) is 0 Å². The molecule has 22 heavy (non-hydrogen) atoms. The third-order valence-corrected chi connectivity index (χ3v) is 9.02. The minimum Gasteiger partial charge on any atom is -0.444 e. The number of nitrogens with zero attached hydrogens (tertiary/aromatic N) is 1. The minimum absolute atomic E-state index is 0.0226. The van der Waals surface area contributed by atoms with E-state index in [-0.39, 0.29) is 29.9 Å². The highest BCUT2D eigenvalue weighted by Crippen LogP contribution is 2.39. The Labute approximate surface area is 136 Å². The molecule has 1 heterocycles. The zero-order chi connectivity index (χ0) is 17.3. The van der Waals surface area contributed by atoms with E-state index < -0.39 is 13.9 Å². The summed E-state index contributed by atoms with van der Waals surface area (Å²) in [6, 6.07) is -0.218. The number of rotatable bonds is 3. The van der Waals surface area contributed by atoms with E-state index in [1.54, 1.807) is 4.90 Å². The molecular formula is C16H33NO4Si. The van der Waals surface area contributed by atoms with Crippen LogP contribution >= 0.6 is 0 Å². The van der Waals surface area contributed by atoms with Gasteiger partial charge in [0.05, 0.1) is 18.8 Å². The smallest absolute Gasteiger partial charge is 0.410 e. The second-order valence-electron chi connectivity index (χ2n) is 8.70. The lowest BCUT2D eigenvalue weighted by Gasteiger charge is -2.38. The van der Waals surface area contributed by atoms with Crippen molar-refractivity contribution in [3.63, 3.8) is 0 Å². The zero-order valence-electron chi connectivity index (χ0n) is 15.4. The molecule has 0 bridgehead atoms. The average Bonchev–Trinajstić information content (AvgIpc) is 2.67. The normalized spacial score (nSPS) is 23.8. The fourth-order valence-corrected chi connectivity index (χ4v) is 3.63. The zero-order valence-corrected chi connectivity index (χ0v) is 16.4. The summed E-state index contributed by atoms with van der Waals surface area (Å²) in [7, 11) is -1.88. The van der Waals surface area contributed by atoms with Crippen molar-refractivity contribution in [3.8, 4) is 0 Å². The summed E-state index contributed by atoms with van der Waals surface area (Å²) in [6.45, 7) is 17.0. The SMILES string of the molecule is CC(C)(C)OC(=O)N1CC(O[Si](C)(C)C(C)(C)C)CC1CO. The van der Waals surface area contributed by atoms with Crippen LogP contribution in [-0.4, -0.2) is 55.3 Å². The fraction of sp³-hybridized carbons (Fsp3) is 0.938. The summed E-state index contributed by atoms with van der Waals surface area (Å²) < 4.78 is 11.8. The van der Waals surface area contributed by atoms with Crippen molar-refractivity contribution in [2.24, 2.45) is 0 Å². The summed E-state index contributed by atoms with van der Waals surface area (Å²) in [5.74, 6) is 0. The molecule has 6 heteroatoms.